The Hall–Kier alpha value is -1.51. The number of nitrogens with one attached hydrogen (secondary N) is 1. The van der Waals surface area contributed by atoms with E-state index in [2.05, 4.69) is 10.3 Å². The third kappa shape index (κ3) is 3.43. The maximum atomic E-state index is 12.8. The van der Waals surface area contributed by atoms with Crippen molar-refractivity contribution in [1.29, 1.82) is 0 Å². The highest BCUT2D eigenvalue weighted by Crippen LogP contribution is 2.39. The second-order valence-corrected chi connectivity index (χ2v) is 9.26. The maximum Gasteiger partial charge on any atom is 0.224 e. The Morgan fingerprint density at radius 3 is 2.92 bits per heavy atom. The summed E-state index contributed by atoms with van der Waals surface area (Å²) in [5, 5.41) is 2.65. The number of hydrogen-bond donors (Lipinski definition) is 1. The minimum absolute atomic E-state index is 0.104. The summed E-state index contributed by atoms with van der Waals surface area (Å²) >= 11 is 0. The van der Waals surface area contributed by atoms with Crippen molar-refractivity contribution in [1.82, 2.24) is 14.6 Å². The molecule has 1 N–H and O–H groups in total. The summed E-state index contributed by atoms with van der Waals surface area (Å²) in [5.74, 6) is -0.488. The van der Waals surface area contributed by atoms with Crippen LogP contribution in [0.3, 0.4) is 0 Å². The highest BCUT2D eigenvalue weighted by molar-refractivity contribution is 7.90. The number of amides is 1. The summed E-state index contributed by atoms with van der Waals surface area (Å²) in [5.41, 5.74) is 0.920. The minimum Gasteiger partial charge on any atom is -0.376 e. The Kier molecular flexibility index (Phi) is 4.51. The predicted octanol–water partition coefficient (Wildman–Crippen LogP) is 0.669. The monoisotopic (exact) mass is 365 g/mol. The highest BCUT2D eigenvalue weighted by atomic mass is 32.2. The van der Waals surface area contributed by atoms with Crippen LogP contribution in [0, 0.1) is 5.92 Å². The standard InChI is InChI=1S/C17H23N3O4S/c21-17(19-10-12-2-1-6-18-9-12)13-8-16-15(5-7-24-16)20(11-13)25(22,23)14-3-4-14/h1-2,6,9,13-16H,3-5,7-8,10-11H2,(H,19,21)/t13-,15+,16+/m0/s1. The van der Waals surface area contributed by atoms with Crippen molar-refractivity contribution in [3.8, 4) is 0 Å². The van der Waals surface area contributed by atoms with E-state index in [0.29, 0.717) is 19.6 Å². The van der Waals surface area contributed by atoms with E-state index >= 15 is 0 Å². The molecule has 3 aliphatic rings. The van der Waals surface area contributed by atoms with Crippen LogP contribution in [0.2, 0.25) is 0 Å². The van der Waals surface area contributed by atoms with Gasteiger partial charge in [-0.25, -0.2) is 8.42 Å². The van der Waals surface area contributed by atoms with Gasteiger partial charge in [0, 0.05) is 32.1 Å². The first-order chi connectivity index (χ1) is 12.1. The molecule has 4 rings (SSSR count). The summed E-state index contributed by atoms with van der Waals surface area (Å²) in [6, 6.07) is 3.62. The van der Waals surface area contributed by atoms with Gasteiger partial charge in [-0.05, 0) is 37.3 Å². The van der Waals surface area contributed by atoms with Crippen molar-refractivity contribution in [2.24, 2.45) is 5.92 Å². The zero-order valence-corrected chi connectivity index (χ0v) is 14.8. The molecule has 136 valence electrons. The zero-order chi connectivity index (χ0) is 17.4. The van der Waals surface area contributed by atoms with Crippen LogP contribution in [0.15, 0.2) is 24.5 Å². The summed E-state index contributed by atoms with van der Waals surface area (Å²) < 4.78 is 32.8. The van der Waals surface area contributed by atoms with Crippen molar-refractivity contribution in [2.75, 3.05) is 13.2 Å². The zero-order valence-electron chi connectivity index (χ0n) is 14.0. The average molecular weight is 365 g/mol. The van der Waals surface area contributed by atoms with E-state index in [1.807, 2.05) is 12.1 Å². The molecule has 0 bridgehead atoms. The molecule has 1 saturated carbocycles. The topological polar surface area (TPSA) is 88.6 Å². The first-order valence-electron chi connectivity index (χ1n) is 8.84. The van der Waals surface area contributed by atoms with Crippen molar-refractivity contribution >= 4 is 15.9 Å². The number of carbonyl (C=O) groups is 1. The third-order valence-corrected chi connectivity index (χ3v) is 7.68. The van der Waals surface area contributed by atoms with Crippen molar-refractivity contribution < 1.29 is 17.9 Å². The van der Waals surface area contributed by atoms with Crippen molar-refractivity contribution in [3.05, 3.63) is 30.1 Å². The number of ether oxygens (including phenoxy) is 1. The minimum atomic E-state index is -3.31. The molecule has 0 unspecified atom stereocenters. The van der Waals surface area contributed by atoms with E-state index < -0.39 is 10.0 Å². The number of piperidine rings is 1. The van der Waals surface area contributed by atoms with E-state index in [0.717, 1.165) is 24.8 Å². The molecule has 2 saturated heterocycles. The molecular weight excluding hydrogens is 342 g/mol. The molecule has 2 aliphatic heterocycles. The van der Waals surface area contributed by atoms with Gasteiger partial charge in [0.05, 0.1) is 23.3 Å². The fourth-order valence-corrected chi connectivity index (χ4v) is 5.90. The van der Waals surface area contributed by atoms with E-state index in [4.69, 9.17) is 4.74 Å². The predicted molar refractivity (Wildman–Crippen MR) is 91.0 cm³/mol. The molecule has 1 aliphatic carbocycles. The van der Waals surface area contributed by atoms with Crippen LogP contribution in [0.4, 0.5) is 0 Å². The highest BCUT2D eigenvalue weighted by Gasteiger charge is 2.50. The molecule has 0 radical (unpaired) electrons. The van der Waals surface area contributed by atoms with E-state index in [1.165, 1.54) is 0 Å². The van der Waals surface area contributed by atoms with Gasteiger partial charge < -0.3 is 10.1 Å². The maximum absolute atomic E-state index is 12.8. The van der Waals surface area contributed by atoms with Gasteiger partial charge in [0.2, 0.25) is 15.9 Å². The van der Waals surface area contributed by atoms with E-state index in [9.17, 15) is 13.2 Å². The fourth-order valence-electron chi connectivity index (χ4n) is 3.78. The average Bonchev–Trinajstić information content (AvgIpc) is 3.38. The van der Waals surface area contributed by atoms with Crippen molar-refractivity contribution in [3.63, 3.8) is 0 Å². The molecule has 1 aromatic heterocycles. The molecule has 3 fully saturated rings. The van der Waals surface area contributed by atoms with Gasteiger partial charge in [-0.3, -0.25) is 9.78 Å². The van der Waals surface area contributed by atoms with E-state index in [-0.39, 0.29) is 35.8 Å². The molecular formula is C17H23N3O4S. The molecule has 25 heavy (non-hydrogen) atoms. The lowest BCUT2D eigenvalue weighted by molar-refractivity contribution is -0.128. The third-order valence-electron chi connectivity index (χ3n) is 5.29. The normalized spacial score (nSPS) is 30.0. The second kappa shape index (κ2) is 6.66. The van der Waals surface area contributed by atoms with Crippen LogP contribution < -0.4 is 5.32 Å². The molecule has 3 heterocycles. The van der Waals surface area contributed by atoms with Gasteiger partial charge in [-0.2, -0.15) is 4.31 Å². The molecule has 8 heteroatoms. The van der Waals surface area contributed by atoms with Crippen molar-refractivity contribution in [2.45, 2.75) is 49.6 Å². The number of sulfonamides is 1. The van der Waals surface area contributed by atoms with Gasteiger partial charge in [0.25, 0.3) is 0 Å². The van der Waals surface area contributed by atoms with Gasteiger partial charge in [0.1, 0.15) is 0 Å². The summed E-state index contributed by atoms with van der Waals surface area (Å²) in [6.07, 6.45) is 5.99. The number of aromatic nitrogens is 1. The lowest BCUT2D eigenvalue weighted by atomic mass is 9.91. The van der Waals surface area contributed by atoms with Gasteiger partial charge in [0.15, 0.2) is 0 Å². The lowest BCUT2D eigenvalue weighted by Gasteiger charge is -2.39. The second-order valence-electron chi connectivity index (χ2n) is 7.09. The molecule has 3 atom stereocenters. The SMILES string of the molecule is O=C(NCc1cccnc1)[C@H]1C[C@H]2OCC[C@H]2N(S(=O)(=O)C2CC2)C1. The number of carbonyl (C=O) groups excluding carboxylic acids is 1. The quantitative estimate of drug-likeness (QED) is 0.828. The Morgan fingerprint density at radius 1 is 1.36 bits per heavy atom. The largest absolute Gasteiger partial charge is 0.376 e. The number of fused-ring (bicyclic) bond motifs is 1. The summed E-state index contributed by atoms with van der Waals surface area (Å²) in [6.45, 7) is 1.23. The lowest BCUT2D eigenvalue weighted by Crippen LogP contribution is -2.55. The Bertz CT molecular complexity index is 736. The van der Waals surface area contributed by atoms with Gasteiger partial charge in [-0.15, -0.1) is 0 Å². The van der Waals surface area contributed by atoms with Gasteiger partial charge >= 0.3 is 0 Å². The Labute approximate surface area is 147 Å². The molecule has 7 nitrogen and oxygen atoms in total. The van der Waals surface area contributed by atoms with Gasteiger partial charge in [-0.1, -0.05) is 6.07 Å². The fraction of sp³-hybridized carbons (Fsp3) is 0.647. The summed E-state index contributed by atoms with van der Waals surface area (Å²) in [4.78, 5) is 16.6. The molecule has 1 amide bonds. The molecule has 1 aromatic rings. The van der Waals surface area contributed by atoms with E-state index in [1.54, 1.807) is 16.7 Å². The number of pyridine rings is 1. The van der Waals surface area contributed by atoms with Crippen LogP contribution in [-0.4, -0.2) is 54.2 Å². The Balaban J connectivity index is 1.45. The van der Waals surface area contributed by atoms with Crippen LogP contribution >= 0.6 is 0 Å². The van der Waals surface area contributed by atoms with Crippen LogP contribution in [0.5, 0.6) is 0 Å². The van der Waals surface area contributed by atoms with Crippen LogP contribution in [0.25, 0.3) is 0 Å². The smallest absolute Gasteiger partial charge is 0.224 e. The number of rotatable bonds is 5. The molecule has 0 spiro atoms. The Morgan fingerprint density at radius 2 is 2.20 bits per heavy atom. The molecule has 0 aromatic carbocycles. The number of nitrogens with zero attached hydrogens (tertiary/aromatic N) is 2. The first-order valence-corrected chi connectivity index (χ1v) is 10.3. The first kappa shape index (κ1) is 16.9. The number of hydrogen-bond acceptors (Lipinski definition) is 5. The van der Waals surface area contributed by atoms with Crippen LogP contribution in [0.1, 0.15) is 31.2 Å². The van der Waals surface area contributed by atoms with Crippen LogP contribution in [-0.2, 0) is 26.1 Å². The summed E-state index contributed by atoms with van der Waals surface area (Å²) in [7, 11) is -3.31.